The lowest BCUT2D eigenvalue weighted by Crippen LogP contribution is -2.63. The first-order chi connectivity index (χ1) is 41.7. The number of halogens is 1. The van der Waals surface area contributed by atoms with Gasteiger partial charge in [-0.1, -0.05) is 70.8 Å². The number of methoxy groups -OCH3 is 1. The number of ether oxygens (including phenoxy) is 2. The SMILES string of the molecule is C/C=C1/NC(=O)[C@H]([C@H](C)O)NC(=O)[C@H](CCN)NC(=O)[C@H](CCCCN)NC(=O)[C@H](CC(=O)O)NC(=O)[C@@H](CCN)NC(=O)[C@@H](NC(=O)C[C@@H](O)CCCCCCCCCCC)COC(=O)[C@H]([C@H](O)CCl)NC(=O)[C@H](C(O)C(=O)NCC(=O)OC)NC1=O. The highest BCUT2D eigenvalue weighted by Gasteiger charge is 2.41. The molecular formula is C54H92ClN13O20. The number of alkyl halides is 1. The zero-order valence-corrected chi connectivity index (χ0v) is 51.0. The summed E-state index contributed by atoms with van der Waals surface area (Å²) in [6.07, 6.45) is -0.390. The molecule has 33 nitrogen and oxygen atoms in total. The maximum absolute atomic E-state index is 14.3. The number of aliphatic hydroxyl groups excluding tert-OH is 4. The lowest BCUT2D eigenvalue weighted by Gasteiger charge is -2.29. The van der Waals surface area contributed by atoms with Crippen molar-refractivity contribution in [1.82, 2.24) is 53.2 Å². The van der Waals surface area contributed by atoms with Gasteiger partial charge < -0.3 is 105 Å². The Kier molecular flexibility index (Phi) is 39.0. The molecule has 0 radical (unpaired) electrons. The van der Waals surface area contributed by atoms with E-state index in [-0.39, 0.29) is 51.7 Å². The Hall–Kier alpha value is -7.14. The number of esters is 2. The van der Waals surface area contributed by atoms with Gasteiger partial charge in [-0.15, -0.1) is 11.6 Å². The summed E-state index contributed by atoms with van der Waals surface area (Å²) in [5.74, 6) is -18.3. The monoisotopic (exact) mass is 1280 g/mol. The second-order valence-corrected chi connectivity index (χ2v) is 21.1. The molecule has 1 unspecified atom stereocenters. The minimum atomic E-state index is -2.70. The highest BCUT2D eigenvalue weighted by atomic mass is 35.5. The molecule has 1 heterocycles. The van der Waals surface area contributed by atoms with Crippen LogP contribution in [0.4, 0.5) is 0 Å². The molecule has 1 aliphatic heterocycles. The zero-order valence-electron chi connectivity index (χ0n) is 50.2. The third-order valence-electron chi connectivity index (χ3n) is 13.6. The molecule has 88 heavy (non-hydrogen) atoms. The molecular weight excluding hydrogens is 1190 g/mol. The van der Waals surface area contributed by atoms with Crippen LogP contribution in [0.25, 0.3) is 0 Å². The Morgan fingerprint density at radius 3 is 1.70 bits per heavy atom. The number of allylic oxidation sites excluding steroid dienone is 1. The van der Waals surface area contributed by atoms with Crippen LogP contribution in [0.15, 0.2) is 11.8 Å². The number of hydrogen-bond acceptors (Lipinski definition) is 22. The molecule has 1 saturated heterocycles. The number of nitrogens with two attached hydrogens (primary N) is 3. The van der Waals surface area contributed by atoms with Crippen molar-refractivity contribution in [1.29, 1.82) is 0 Å². The van der Waals surface area contributed by atoms with Gasteiger partial charge in [0.15, 0.2) is 12.1 Å². The van der Waals surface area contributed by atoms with E-state index < -0.39 is 194 Å². The van der Waals surface area contributed by atoms with Gasteiger partial charge >= 0.3 is 17.9 Å². The first-order valence-corrected chi connectivity index (χ1v) is 29.8. The number of cyclic esters (lactones) is 1. The van der Waals surface area contributed by atoms with Crippen molar-refractivity contribution in [3.05, 3.63) is 11.8 Å². The second-order valence-electron chi connectivity index (χ2n) is 20.8. The number of amides is 10. The van der Waals surface area contributed by atoms with Crippen LogP contribution in [0.2, 0.25) is 0 Å². The van der Waals surface area contributed by atoms with Gasteiger partial charge in [-0.05, 0) is 72.0 Å². The number of carbonyl (C=O) groups is 13. The van der Waals surface area contributed by atoms with E-state index in [4.69, 9.17) is 33.5 Å². The molecule has 34 heteroatoms. The quantitative estimate of drug-likeness (QED) is 0.0138. The van der Waals surface area contributed by atoms with Gasteiger partial charge in [-0.3, -0.25) is 57.5 Å². The number of carboxylic acids is 1. The van der Waals surface area contributed by atoms with Gasteiger partial charge in [0.05, 0.1) is 44.1 Å². The van der Waals surface area contributed by atoms with Crippen LogP contribution in [0.5, 0.6) is 0 Å². The van der Waals surface area contributed by atoms with Gasteiger partial charge in [0.2, 0.25) is 47.3 Å². The van der Waals surface area contributed by atoms with Crippen molar-refractivity contribution in [3.63, 3.8) is 0 Å². The van der Waals surface area contributed by atoms with Crippen LogP contribution in [0.3, 0.4) is 0 Å². The minimum absolute atomic E-state index is 0.116. The Bertz CT molecular complexity index is 2350. The normalized spacial score (nSPS) is 23.7. The van der Waals surface area contributed by atoms with E-state index >= 15 is 0 Å². The third kappa shape index (κ3) is 29.7. The van der Waals surface area contributed by atoms with Gasteiger partial charge in [-0.2, -0.15) is 0 Å². The summed E-state index contributed by atoms with van der Waals surface area (Å²) in [6, 6.07) is -15.9. The minimum Gasteiger partial charge on any atom is -0.481 e. The summed E-state index contributed by atoms with van der Waals surface area (Å²) in [4.78, 5) is 177. The predicted octanol–water partition coefficient (Wildman–Crippen LogP) is -5.95. The van der Waals surface area contributed by atoms with E-state index in [0.29, 0.717) is 6.42 Å². The standard InChI is InChI=1S/C54H92ClN13O20/c1-5-7-8-9-10-11-12-13-14-17-30(70)24-38(72)60-36-28-88-54(86)42(37(71)26-55)67-52(84)43(44(76)53(85)59-27-40(75)87-4)68-45(77)31(6-2)61-51(83)41(29(3)69)66-48(80)34(20-23-58)63-46(78)32(18-15-16-21-56)62-49(81)35(25-39(73)74)65-47(79)33(19-22-57)64-50(36)82/h6,29-30,32-37,41-44,69-71,76H,5,7-28,56-58H2,1-4H3,(H,59,85)(H,60,72)(H,61,83)(H,62,81)(H,63,78)(H,64,82)(H,65,79)(H,66,80)(H,67,84)(H,68,77)(H,73,74)/b31-6+/t29-,30-,32-,33+,34-,35-,36-,37+,41-,42-,43-,44?/m0/s1. The zero-order chi connectivity index (χ0) is 66.5. The Balaban J connectivity index is 4.12. The third-order valence-corrected chi connectivity index (χ3v) is 13.9. The summed E-state index contributed by atoms with van der Waals surface area (Å²) in [5.41, 5.74) is 16.5. The summed E-state index contributed by atoms with van der Waals surface area (Å²) in [7, 11) is 0.953. The number of nitrogens with one attached hydrogen (secondary N) is 10. The first kappa shape index (κ1) is 78.9. The number of rotatable bonds is 30. The lowest BCUT2D eigenvalue weighted by molar-refractivity contribution is -0.154. The lowest BCUT2D eigenvalue weighted by atomic mass is 10.0. The number of hydrogen-bond donors (Lipinski definition) is 18. The number of aliphatic carboxylic acids is 1. The molecule has 12 atom stereocenters. The smallest absolute Gasteiger partial charge is 0.331 e. The van der Waals surface area contributed by atoms with Crippen LogP contribution < -0.4 is 70.4 Å². The molecule has 0 aromatic rings. The molecule has 0 saturated carbocycles. The molecule has 21 N–H and O–H groups in total. The predicted molar refractivity (Wildman–Crippen MR) is 313 cm³/mol. The van der Waals surface area contributed by atoms with Gasteiger partial charge in [0, 0.05) is 0 Å². The Morgan fingerprint density at radius 2 is 1.18 bits per heavy atom. The fraction of sp³-hybridized carbons (Fsp3) is 0.722. The summed E-state index contributed by atoms with van der Waals surface area (Å²) >= 11 is 5.92. The molecule has 0 aliphatic carbocycles. The fourth-order valence-corrected chi connectivity index (χ4v) is 8.75. The number of carboxylic acid groups (broad SMARTS) is 1. The van der Waals surface area contributed by atoms with Crippen LogP contribution in [0.1, 0.15) is 130 Å². The van der Waals surface area contributed by atoms with E-state index in [1.165, 1.54) is 6.92 Å². The molecule has 0 aromatic carbocycles. The van der Waals surface area contributed by atoms with E-state index in [1.807, 2.05) is 16.0 Å². The molecule has 10 amide bonds. The largest absolute Gasteiger partial charge is 0.481 e. The molecule has 0 spiro atoms. The summed E-state index contributed by atoms with van der Waals surface area (Å²) in [6.45, 7) is 1.68. The fourth-order valence-electron chi connectivity index (χ4n) is 8.57. The highest BCUT2D eigenvalue weighted by Crippen LogP contribution is 2.14. The van der Waals surface area contributed by atoms with E-state index in [0.717, 1.165) is 71.5 Å². The summed E-state index contributed by atoms with van der Waals surface area (Å²) in [5, 5.41) is 75.6. The van der Waals surface area contributed by atoms with Crippen molar-refractivity contribution in [2.75, 3.05) is 45.8 Å². The number of aliphatic hydroxyl groups is 4. The Labute approximate surface area is 515 Å². The van der Waals surface area contributed by atoms with Crippen LogP contribution in [-0.4, -0.2) is 221 Å². The van der Waals surface area contributed by atoms with Crippen LogP contribution >= 0.6 is 11.6 Å². The number of carbonyl (C=O) groups excluding carboxylic acids is 12. The molecule has 1 aliphatic rings. The van der Waals surface area contributed by atoms with Crippen molar-refractivity contribution in [2.45, 2.75) is 203 Å². The molecule has 0 bridgehead atoms. The van der Waals surface area contributed by atoms with Gasteiger partial charge in [0.25, 0.3) is 11.8 Å². The average Bonchev–Trinajstić information content (AvgIpc) is 3.66. The van der Waals surface area contributed by atoms with Crippen LogP contribution in [-0.2, 0) is 71.8 Å². The van der Waals surface area contributed by atoms with Crippen molar-refractivity contribution < 1.29 is 97.3 Å². The topological polar surface area (TPSA) is 540 Å². The Morgan fingerprint density at radius 1 is 0.659 bits per heavy atom. The second kappa shape index (κ2) is 43.5. The average molecular weight is 1280 g/mol. The highest BCUT2D eigenvalue weighted by molar-refractivity contribution is 6.18. The van der Waals surface area contributed by atoms with Crippen molar-refractivity contribution in [3.8, 4) is 0 Å². The first-order valence-electron chi connectivity index (χ1n) is 29.2. The van der Waals surface area contributed by atoms with E-state index in [2.05, 4.69) is 48.9 Å². The maximum atomic E-state index is 14.3. The van der Waals surface area contributed by atoms with E-state index in [9.17, 15) is 87.9 Å². The van der Waals surface area contributed by atoms with Gasteiger partial charge in [0.1, 0.15) is 61.1 Å². The summed E-state index contributed by atoms with van der Waals surface area (Å²) < 4.78 is 9.81. The molecule has 500 valence electrons. The van der Waals surface area contributed by atoms with Gasteiger partial charge in [-0.25, -0.2) is 4.79 Å². The van der Waals surface area contributed by atoms with E-state index in [1.54, 1.807) is 0 Å². The number of unbranched alkanes of at least 4 members (excludes halogenated alkanes) is 9. The van der Waals surface area contributed by atoms with Crippen LogP contribution in [0, 0.1) is 0 Å². The molecule has 1 rings (SSSR count). The molecule has 0 aromatic heterocycles. The van der Waals surface area contributed by atoms with Crippen molar-refractivity contribution >= 4 is 88.6 Å². The maximum Gasteiger partial charge on any atom is 0.331 e. The van der Waals surface area contributed by atoms with Crippen molar-refractivity contribution in [2.24, 2.45) is 17.2 Å². The molecule has 1 fully saturated rings.